The fourth-order valence-corrected chi connectivity index (χ4v) is 2.45. The van der Waals surface area contributed by atoms with Crippen LogP contribution in [0.15, 0.2) is 0 Å². The van der Waals surface area contributed by atoms with Crippen molar-refractivity contribution in [2.24, 2.45) is 5.92 Å². The van der Waals surface area contributed by atoms with Crippen LogP contribution in [0.1, 0.15) is 77.6 Å². The highest BCUT2D eigenvalue weighted by Crippen LogP contribution is 2.24. The first kappa shape index (κ1) is 15.5. The first-order valence-corrected chi connectivity index (χ1v) is 7.68. The second kappa shape index (κ2) is 10.4. The average Bonchev–Trinajstić information content (AvgIpc) is 2.42. The van der Waals surface area contributed by atoms with Crippen molar-refractivity contribution in [3.8, 4) is 0 Å². The van der Waals surface area contributed by atoms with Crippen molar-refractivity contribution in [2.45, 2.75) is 77.6 Å². The van der Waals surface area contributed by atoms with Gasteiger partial charge in [-0.1, -0.05) is 58.3 Å². The molecule has 0 spiro atoms. The molecule has 1 fully saturated rings. The summed E-state index contributed by atoms with van der Waals surface area (Å²) in [5, 5.41) is 0. The largest absolute Gasteiger partial charge is 0.345 e. The smallest absolute Gasteiger partial charge is 0.298 e. The summed E-state index contributed by atoms with van der Waals surface area (Å²) in [5.74, 6) is -0.0658. The first-order chi connectivity index (χ1) is 8.84. The second-order valence-corrected chi connectivity index (χ2v) is 5.33. The summed E-state index contributed by atoms with van der Waals surface area (Å²) in [4.78, 5) is 21.5. The molecule has 0 atom stereocenters. The number of unbranched alkanes of at least 4 members (excludes halogenated alkanes) is 5. The highest BCUT2D eigenvalue weighted by atomic mass is 17.2. The van der Waals surface area contributed by atoms with Crippen LogP contribution in [0.5, 0.6) is 0 Å². The Kier molecular flexibility index (Phi) is 8.92. The molecule has 0 N–H and O–H groups in total. The van der Waals surface area contributed by atoms with Crippen molar-refractivity contribution in [1.29, 1.82) is 0 Å². The molecule has 0 unspecified atom stereocenters. The minimum absolute atomic E-state index is 0.0864. The molecule has 0 saturated heterocycles. The lowest BCUT2D eigenvalue weighted by molar-refractivity contribution is -0.277. The lowest BCUT2D eigenvalue weighted by Gasteiger charge is -2.18. The molecule has 0 bridgehead atoms. The molecule has 0 aliphatic heterocycles. The summed E-state index contributed by atoms with van der Waals surface area (Å²) in [6, 6.07) is 0. The zero-order chi connectivity index (χ0) is 13.1. The molecule has 106 valence electrons. The van der Waals surface area contributed by atoms with Gasteiger partial charge in [-0.25, -0.2) is 4.79 Å². The molecule has 0 aromatic heterocycles. The average molecular weight is 256 g/mol. The monoisotopic (exact) mass is 256 g/mol. The van der Waals surface area contributed by atoms with E-state index in [9.17, 15) is 4.79 Å². The maximum atomic E-state index is 11.6. The Morgan fingerprint density at radius 2 is 1.67 bits per heavy atom. The van der Waals surface area contributed by atoms with Gasteiger partial charge in [0.1, 0.15) is 0 Å². The number of hydrogen-bond acceptors (Lipinski definition) is 3. The van der Waals surface area contributed by atoms with Crippen LogP contribution in [0.3, 0.4) is 0 Å². The Labute approximate surface area is 111 Å². The van der Waals surface area contributed by atoms with E-state index in [0.29, 0.717) is 6.61 Å². The molecule has 0 aromatic rings. The molecular formula is C15H28O3. The van der Waals surface area contributed by atoms with Crippen molar-refractivity contribution in [1.82, 2.24) is 0 Å². The number of hydrogen-bond donors (Lipinski definition) is 0. The van der Waals surface area contributed by atoms with E-state index in [-0.39, 0.29) is 11.9 Å². The lowest BCUT2D eigenvalue weighted by atomic mass is 9.89. The van der Waals surface area contributed by atoms with Gasteiger partial charge in [-0.3, -0.25) is 4.89 Å². The van der Waals surface area contributed by atoms with Crippen LogP contribution in [-0.2, 0) is 14.6 Å². The third-order valence-corrected chi connectivity index (χ3v) is 3.66. The molecule has 1 aliphatic rings. The standard InChI is InChI=1S/C15H28O3/c1-2-3-4-5-6-10-13-17-18-15(16)14-11-8-7-9-12-14/h14H,2-13H2,1H3. The van der Waals surface area contributed by atoms with Crippen LogP contribution in [-0.4, -0.2) is 12.6 Å². The second-order valence-electron chi connectivity index (χ2n) is 5.33. The predicted octanol–water partition coefficient (Wildman–Crippen LogP) is 4.40. The Morgan fingerprint density at radius 3 is 2.39 bits per heavy atom. The Bertz CT molecular complexity index is 210. The highest BCUT2D eigenvalue weighted by molar-refractivity contribution is 5.71. The minimum atomic E-state index is -0.152. The Hall–Kier alpha value is -0.570. The van der Waals surface area contributed by atoms with Crippen LogP contribution < -0.4 is 0 Å². The first-order valence-electron chi connectivity index (χ1n) is 7.68. The van der Waals surface area contributed by atoms with Crippen LogP contribution in [0.4, 0.5) is 0 Å². The normalized spacial score (nSPS) is 16.7. The molecule has 0 aromatic carbocycles. The summed E-state index contributed by atoms with van der Waals surface area (Å²) in [5.41, 5.74) is 0. The number of carbonyl (C=O) groups excluding carboxylic acids is 1. The van der Waals surface area contributed by atoms with Gasteiger partial charge in [0, 0.05) is 0 Å². The van der Waals surface area contributed by atoms with Crippen molar-refractivity contribution in [3.05, 3.63) is 0 Å². The van der Waals surface area contributed by atoms with Gasteiger partial charge >= 0.3 is 5.97 Å². The van der Waals surface area contributed by atoms with Gasteiger partial charge in [0.05, 0.1) is 12.5 Å². The van der Waals surface area contributed by atoms with E-state index in [1.165, 1.54) is 38.5 Å². The van der Waals surface area contributed by atoms with Crippen LogP contribution in [0, 0.1) is 5.92 Å². The van der Waals surface area contributed by atoms with Crippen LogP contribution in [0.25, 0.3) is 0 Å². The fraction of sp³-hybridized carbons (Fsp3) is 0.933. The third kappa shape index (κ3) is 7.00. The number of rotatable bonds is 9. The van der Waals surface area contributed by atoms with E-state index < -0.39 is 0 Å². The van der Waals surface area contributed by atoms with Gasteiger partial charge in [0.2, 0.25) is 0 Å². The minimum Gasteiger partial charge on any atom is -0.298 e. The van der Waals surface area contributed by atoms with E-state index >= 15 is 0 Å². The van der Waals surface area contributed by atoms with Crippen LogP contribution >= 0.6 is 0 Å². The van der Waals surface area contributed by atoms with Crippen molar-refractivity contribution < 1.29 is 14.6 Å². The molecule has 1 aliphatic carbocycles. The summed E-state index contributed by atoms with van der Waals surface area (Å²) >= 11 is 0. The molecular weight excluding hydrogens is 228 g/mol. The summed E-state index contributed by atoms with van der Waals surface area (Å²) in [7, 11) is 0. The molecule has 0 amide bonds. The molecule has 1 rings (SSSR count). The summed E-state index contributed by atoms with van der Waals surface area (Å²) < 4.78 is 0. The Balaban J connectivity index is 1.89. The number of carbonyl (C=O) groups is 1. The van der Waals surface area contributed by atoms with E-state index in [2.05, 4.69) is 6.92 Å². The molecule has 18 heavy (non-hydrogen) atoms. The van der Waals surface area contributed by atoms with Crippen molar-refractivity contribution in [2.75, 3.05) is 6.61 Å². The third-order valence-electron chi connectivity index (χ3n) is 3.66. The maximum Gasteiger partial charge on any atom is 0.345 e. The van der Waals surface area contributed by atoms with Gasteiger partial charge in [-0.15, -0.1) is 0 Å². The van der Waals surface area contributed by atoms with Crippen molar-refractivity contribution in [3.63, 3.8) is 0 Å². The predicted molar refractivity (Wildman–Crippen MR) is 72.0 cm³/mol. The van der Waals surface area contributed by atoms with Gasteiger partial charge in [-0.2, -0.15) is 4.89 Å². The SMILES string of the molecule is CCCCCCCCOOC(=O)C1CCCCC1. The molecule has 3 heteroatoms. The Morgan fingerprint density at radius 1 is 1.00 bits per heavy atom. The van der Waals surface area contributed by atoms with E-state index in [0.717, 1.165) is 32.1 Å². The van der Waals surface area contributed by atoms with Gasteiger partial charge in [0.25, 0.3) is 0 Å². The highest BCUT2D eigenvalue weighted by Gasteiger charge is 2.23. The molecule has 3 nitrogen and oxygen atoms in total. The van der Waals surface area contributed by atoms with E-state index in [4.69, 9.17) is 9.78 Å². The maximum absolute atomic E-state index is 11.6. The molecule has 0 radical (unpaired) electrons. The van der Waals surface area contributed by atoms with Gasteiger partial charge in [0.15, 0.2) is 0 Å². The lowest BCUT2D eigenvalue weighted by Crippen LogP contribution is -2.20. The summed E-state index contributed by atoms with van der Waals surface area (Å²) in [6.07, 6.45) is 12.8. The zero-order valence-corrected chi connectivity index (χ0v) is 11.8. The molecule has 0 heterocycles. The van der Waals surface area contributed by atoms with Crippen LogP contribution in [0.2, 0.25) is 0 Å². The van der Waals surface area contributed by atoms with E-state index in [1.807, 2.05) is 0 Å². The van der Waals surface area contributed by atoms with Crippen molar-refractivity contribution >= 4 is 5.97 Å². The quantitative estimate of drug-likeness (QED) is 0.348. The van der Waals surface area contributed by atoms with E-state index in [1.54, 1.807) is 0 Å². The fourth-order valence-electron chi connectivity index (χ4n) is 2.45. The summed E-state index contributed by atoms with van der Waals surface area (Å²) in [6.45, 7) is 2.76. The zero-order valence-electron chi connectivity index (χ0n) is 11.8. The molecule has 1 saturated carbocycles. The van der Waals surface area contributed by atoms with Gasteiger partial charge in [-0.05, 0) is 19.3 Å². The topological polar surface area (TPSA) is 35.5 Å². The van der Waals surface area contributed by atoms with Gasteiger partial charge < -0.3 is 0 Å².